The Morgan fingerprint density at radius 3 is 3.00 bits per heavy atom. The van der Waals surface area contributed by atoms with E-state index in [2.05, 4.69) is 6.08 Å². The van der Waals surface area contributed by atoms with E-state index in [4.69, 9.17) is 0 Å². The molecular weight excluding hydrogens is 120 g/mol. The predicted octanol–water partition coefficient (Wildman–Crippen LogP) is 2.75. The highest BCUT2D eigenvalue weighted by atomic mass is 14.6. The molecule has 0 N–H and O–H groups in total. The fraction of sp³-hybridized carbons (Fsp3) is 0.800. The van der Waals surface area contributed by atoms with E-state index in [-0.39, 0.29) is 0 Å². The first kappa shape index (κ1) is 5.40. The maximum atomic E-state index is 2.53. The fourth-order valence-electron chi connectivity index (χ4n) is 3.19. The average molecular weight is 134 g/mol. The molecule has 2 saturated carbocycles. The molecule has 2 fully saturated rings. The van der Waals surface area contributed by atoms with Crippen LogP contribution < -0.4 is 0 Å². The largest absolute Gasteiger partial charge is 0.0850 e. The van der Waals surface area contributed by atoms with Gasteiger partial charge in [-0.05, 0) is 49.9 Å². The highest BCUT2D eigenvalue weighted by Crippen LogP contribution is 2.61. The Morgan fingerprint density at radius 1 is 1.20 bits per heavy atom. The molecular formula is C10H14. The summed E-state index contributed by atoms with van der Waals surface area (Å²) in [6.07, 6.45) is 9.92. The van der Waals surface area contributed by atoms with Gasteiger partial charge in [0.15, 0.2) is 0 Å². The van der Waals surface area contributed by atoms with Crippen molar-refractivity contribution in [3.63, 3.8) is 0 Å². The van der Waals surface area contributed by atoms with Crippen LogP contribution in [-0.2, 0) is 0 Å². The average Bonchev–Trinajstić information content (AvgIpc) is 2.68. The SMILES string of the molecule is C1=C2CCC[C@H]3[C@H](CC1)[C@@H]23. The van der Waals surface area contributed by atoms with E-state index in [0.717, 1.165) is 17.8 Å². The topological polar surface area (TPSA) is 0 Å². The Balaban J connectivity index is 1.97. The monoisotopic (exact) mass is 134 g/mol. The van der Waals surface area contributed by atoms with Gasteiger partial charge in [-0.25, -0.2) is 0 Å². The molecule has 54 valence electrons. The van der Waals surface area contributed by atoms with Gasteiger partial charge in [0.05, 0.1) is 0 Å². The second kappa shape index (κ2) is 1.66. The van der Waals surface area contributed by atoms with E-state index >= 15 is 0 Å². The lowest BCUT2D eigenvalue weighted by Crippen LogP contribution is -1.99. The van der Waals surface area contributed by atoms with Crippen molar-refractivity contribution < 1.29 is 0 Å². The van der Waals surface area contributed by atoms with Crippen molar-refractivity contribution in [1.29, 1.82) is 0 Å². The number of allylic oxidation sites excluding steroid dienone is 2. The van der Waals surface area contributed by atoms with E-state index in [1.807, 2.05) is 5.57 Å². The molecule has 3 aliphatic carbocycles. The summed E-state index contributed by atoms with van der Waals surface area (Å²) in [7, 11) is 0. The molecule has 10 heavy (non-hydrogen) atoms. The molecule has 0 aromatic heterocycles. The lowest BCUT2D eigenvalue weighted by molar-refractivity contribution is 0.567. The highest BCUT2D eigenvalue weighted by Gasteiger charge is 2.53. The highest BCUT2D eigenvalue weighted by molar-refractivity contribution is 5.25. The van der Waals surface area contributed by atoms with Gasteiger partial charge in [-0.3, -0.25) is 0 Å². The maximum Gasteiger partial charge on any atom is -0.0141 e. The van der Waals surface area contributed by atoms with Crippen LogP contribution in [0.25, 0.3) is 0 Å². The number of fused-ring (bicyclic) bond motifs is 1. The first-order chi connectivity index (χ1) is 4.97. The van der Waals surface area contributed by atoms with Crippen LogP contribution >= 0.6 is 0 Å². The normalized spacial score (nSPS) is 49.6. The summed E-state index contributed by atoms with van der Waals surface area (Å²) >= 11 is 0. The van der Waals surface area contributed by atoms with Gasteiger partial charge < -0.3 is 0 Å². The van der Waals surface area contributed by atoms with Crippen molar-refractivity contribution in [1.82, 2.24) is 0 Å². The first-order valence-electron chi connectivity index (χ1n) is 4.66. The lowest BCUT2D eigenvalue weighted by Gasteiger charge is -2.13. The third-order valence-corrected chi connectivity index (χ3v) is 3.67. The molecule has 3 atom stereocenters. The van der Waals surface area contributed by atoms with Crippen molar-refractivity contribution in [2.75, 3.05) is 0 Å². The third-order valence-electron chi connectivity index (χ3n) is 3.67. The zero-order chi connectivity index (χ0) is 6.55. The summed E-state index contributed by atoms with van der Waals surface area (Å²) in [5.41, 5.74) is 1.84. The van der Waals surface area contributed by atoms with Gasteiger partial charge >= 0.3 is 0 Å². The van der Waals surface area contributed by atoms with Crippen LogP contribution in [0.4, 0.5) is 0 Å². The summed E-state index contributed by atoms with van der Waals surface area (Å²) in [4.78, 5) is 0. The van der Waals surface area contributed by atoms with Crippen molar-refractivity contribution in [2.45, 2.75) is 32.1 Å². The Labute approximate surface area is 62.3 Å². The van der Waals surface area contributed by atoms with Crippen LogP contribution in [0.5, 0.6) is 0 Å². The van der Waals surface area contributed by atoms with Crippen LogP contribution in [-0.4, -0.2) is 0 Å². The van der Waals surface area contributed by atoms with Crippen LogP contribution in [0.1, 0.15) is 32.1 Å². The van der Waals surface area contributed by atoms with Crippen molar-refractivity contribution in [3.8, 4) is 0 Å². The summed E-state index contributed by atoms with van der Waals surface area (Å²) in [5, 5.41) is 0. The van der Waals surface area contributed by atoms with Gasteiger partial charge in [0, 0.05) is 0 Å². The van der Waals surface area contributed by atoms with Crippen LogP contribution in [0, 0.1) is 17.8 Å². The van der Waals surface area contributed by atoms with Gasteiger partial charge in [-0.15, -0.1) is 0 Å². The molecule has 0 aliphatic heterocycles. The lowest BCUT2D eigenvalue weighted by atomic mass is 9.92. The van der Waals surface area contributed by atoms with Gasteiger partial charge in [-0.1, -0.05) is 11.6 Å². The van der Waals surface area contributed by atoms with E-state index in [0.29, 0.717) is 0 Å². The first-order valence-corrected chi connectivity index (χ1v) is 4.66. The predicted molar refractivity (Wildman–Crippen MR) is 41.6 cm³/mol. The summed E-state index contributed by atoms with van der Waals surface area (Å²) < 4.78 is 0. The third kappa shape index (κ3) is 0.531. The van der Waals surface area contributed by atoms with Gasteiger partial charge in [0.2, 0.25) is 0 Å². The van der Waals surface area contributed by atoms with Crippen molar-refractivity contribution in [2.24, 2.45) is 17.8 Å². The van der Waals surface area contributed by atoms with Crippen molar-refractivity contribution >= 4 is 0 Å². The molecule has 0 bridgehead atoms. The van der Waals surface area contributed by atoms with Crippen LogP contribution in [0.2, 0.25) is 0 Å². The van der Waals surface area contributed by atoms with Crippen LogP contribution in [0.15, 0.2) is 11.6 Å². The second-order valence-corrected chi connectivity index (χ2v) is 4.10. The molecule has 0 unspecified atom stereocenters. The molecule has 0 heterocycles. The Hall–Kier alpha value is -0.260. The van der Waals surface area contributed by atoms with Crippen LogP contribution in [0.3, 0.4) is 0 Å². The van der Waals surface area contributed by atoms with E-state index in [9.17, 15) is 0 Å². The number of hydrogen-bond acceptors (Lipinski definition) is 0. The summed E-state index contributed by atoms with van der Waals surface area (Å²) in [6.45, 7) is 0. The molecule has 3 rings (SSSR count). The second-order valence-electron chi connectivity index (χ2n) is 4.10. The summed E-state index contributed by atoms with van der Waals surface area (Å²) in [6, 6.07) is 0. The molecule has 0 radical (unpaired) electrons. The Morgan fingerprint density at radius 2 is 2.10 bits per heavy atom. The molecule has 0 amide bonds. The molecule has 0 nitrogen and oxygen atoms in total. The minimum atomic E-state index is 1.10. The molecule has 3 aliphatic rings. The minimum absolute atomic E-state index is 1.10. The van der Waals surface area contributed by atoms with Gasteiger partial charge in [0.1, 0.15) is 0 Å². The van der Waals surface area contributed by atoms with Gasteiger partial charge in [-0.2, -0.15) is 0 Å². The summed E-state index contributed by atoms with van der Waals surface area (Å²) in [5.74, 6) is 3.41. The zero-order valence-electron chi connectivity index (χ0n) is 6.34. The molecule has 0 spiro atoms. The standard InChI is InChI=1S/C10H14/c1-3-7-4-2-6-9-8(5-1)10(7)9/h3,8-10H,1-2,4-6H2/t8-,9-,10+/m0/s1. The van der Waals surface area contributed by atoms with Crippen molar-refractivity contribution in [3.05, 3.63) is 11.6 Å². The molecule has 0 aromatic rings. The van der Waals surface area contributed by atoms with E-state index in [1.165, 1.54) is 25.7 Å². The maximum absolute atomic E-state index is 2.53. The fourth-order valence-corrected chi connectivity index (χ4v) is 3.19. The Bertz CT molecular complexity index is 186. The van der Waals surface area contributed by atoms with E-state index < -0.39 is 0 Å². The zero-order valence-corrected chi connectivity index (χ0v) is 6.34. The van der Waals surface area contributed by atoms with Gasteiger partial charge in [0.25, 0.3) is 0 Å². The quantitative estimate of drug-likeness (QED) is 0.447. The number of rotatable bonds is 0. The Kier molecular flexibility index (Phi) is 0.898. The molecule has 0 aromatic carbocycles. The number of hydrogen-bond donors (Lipinski definition) is 0. The minimum Gasteiger partial charge on any atom is -0.0850 e. The molecule has 0 saturated heterocycles. The smallest absolute Gasteiger partial charge is 0.0141 e. The molecule has 0 heteroatoms. The van der Waals surface area contributed by atoms with E-state index in [1.54, 1.807) is 6.42 Å².